The van der Waals surface area contributed by atoms with Crippen molar-refractivity contribution in [1.82, 2.24) is 5.32 Å². The van der Waals surface area contributed by atoms with Crippen LogP contribution in [-0.4, -0.2) is 13.1 Å². The van der Waals surface area contributed by atoms with E-state index in [1.807, 2.05) is 24.3 Å². The van der Waals surface area contributed by atoms with Crippen LogP contribution in [0.3, 0.4) is 0 Å². The maximum absolute atomic E-state index is 8.71. The summed E-state index contributed by atoms with van der Waals surface area (Å²) in [5, 5.41) is 12.2. The molecule has 0 amide bonds. The van der Waals surface area contributed by atoms with E-state index < -0.39 is 0 Å². The molecule has 1 atom stereocenters. The van der Waals surface area contributed by atoms with Crippen LogP contribution in [-0.2, 0) is 0 Å². The van der Waals surface area contributed by atoms with E-state index in [0.29, 0.717) is 5.92 Å². The van der Waals surface area contributed by atoms with E-state index in [2.05, 4.69) is 25.2 Å². The highest BCUT2D eigenvalue weighted by molar-refractivity contribution is 5.32. The van der Waals surface area contributed by atoms with E-state index in [1.165, 1.54) is 18.4 Å². The summed E-state index contributed by atoms with van der Waals surface area (Å²) in [5.74, 6) is 0.504. The normalized spacial score (nSPS) is 12.1. The number of nitriles is 1. The molecule has 0 aliphatic rings. The third kappa shape index (κ3) is 4.04. The van der Waals surface area contributed by atoms with Crippen LogP contribution in [0.15, 0.2) is 24.3 Å². The lowest BCUT2D eigenvalue weighted by atomic mass is 10.00. The van der Waals surface area contributed by atoms with Crippen molar-refractivity contribution in [3.63, 3.8) is 0 Å². The molecule has 1 N–H and O–H groups in total. The first-order valence-electron chi connectivity index (χ1n) is 5.98. The van der Waals surface area contributed by atoms with Gasteiger partial charge in [0.05, 0.1) is 11.6 Å². The van der Waals surface area contributed by atoms with Gasteiger partial charge in [0, 0.05) is 6.54 Å². The SMILES string of the molecule is CCCCNCC(C)c1ccc(C#N)cc1. The van der Waals surface area contributed by atoms with Crippen molar-refractivity contribution in [1.29, 1.82) is 5.26 Å². The van der Waals surface area contributed by atoms with E-state index >= 15 is 0 Å². The van der Waals surface area contributed by atoms with Gasteiger partial charge in [-0.3, -0.25) is 0 Å². The minimum absolute atomic E-state index is 0.504. The number of benzene rings is 1. The molecule has 0 saturated carbocycles. The van der Waals surface area contributed by atoms with Gasteiger partial charge >= 0.3 is 0 Å². The zero-order valence-corrected chi connectivity index (χ0v) is 10.2. The largest absolute Gasteiger partial charge is 0.316 e. The van der Waals surface area contributed by atoms with Crippen LogP contribution in [0.1, 0.15) is 43.7 Å². The van der Waals surface area contributed by atoms with Gasteiger partial charge < -0.3 is 5.32 Å². The first kappa shape index (κ1) is 12.7. The second kappa shape index (κ2) is 7.03. The summed E-state index contributed by atoms with van der Waals surface area (Å²) in [4.78, 5) is 0. The number of nitrogens with zero attached hydrogens (tertiary/aromatic N) is 1. The molecule has 1 aromatic rings. The predicted octanol–water partition coefficient (Wildman–Crippen LogP) is 3.05. The second-order valence-corrected chi connectivity index (χ2v) is 4.19. The average molecular weight is 216 g/mol. The highest BCUT2D eigenvalue weighted by Crippen LogP contribution is 2.14. The standard InChI is InChI=1S/C14H20N2/c1-3-4-9-16-11-12(2)14-7-5-13(10-15)6-8-14/h5-8,12,16H,3-4,9,11H2,1-2H3. The fraction of sp³-hybridized carbons (Fsp3) is 0.500. The van der Waals surface area contributed by atoms with E-state index in [0.717, 1.165) is 18.7 Å². The topological polar surface area (TPSA) is 35.8 Å². The molecular weight excluding hydrogens is 196 g/mol. The van der Waals surface area contributed by atoms with Gasteiger partial charge in [0.25, 0.3) is 0 Å². The van der Waals surface area contributed by atoms with Crippen molar-refractivity contribution in [2.75, 3.05) is 13.1 Å². The van der Waals surface area contributed by atoms with Crippen molar-refractivity contribution in [2.45, 2.75) is 32.6 Å². The van der Waals surface area contributed by atoms with E-state index in [9.17, 15) is 0 Å². The van der Waals surface area contributed by atoms with E-state index in [1.54, 1.807) is 0 Å². The smallest absolute Gasteiger partial charge is 0.0991 e. The molecule has 0 bridgehead atoms. The Morgan fingerprint density at radius 1 is 1.31 bits per heavy atom. The first-order chi connectivity index (χ1) is 7.77. The molecule has 2 heteroatoms. The fourth-order valence-corrected chi connectivity index (χ4v) is 1.62. The van der Waals surface area contributed by atoms with Gasteiger partial charge in [-0.1, -0.05) is 32.4 Å². The molecule has 0 radical (unpaired) electrons. The Balaban J connectivity index is 2.40. The molecule has 16 heavy (non-hydrogen) atoms. The lowest BCUT2D eigenvalue weighted by Crippen LogP contribution is -2.21. The molecule has 0 heterocycles. The number of hydrogen-bond acceptors (Lipinski definition) is 2. The molecule has 1 aromatic carbocycles. The van der Waals surface area contributed by atoms with Crippen molar-refractivity contribution < 1.29 is 0 Å². The Labute approximate surface area is 98.3 Å². The Morgan fingerprint density at radius 2 is 2.00 bits per heavy atom. The summed E-state index contributed by atoms with van der Waals surface area (Å²) in [6.45, 7) is 6.51. The van der Waals surface area contributed by atoms with Crippen LogP contribution >= 0.6 is 0 Å². The van der Waals surface area contributed by atoms with Crippen molar-refractivity contribution in [3.8, 4) is 6.07 Å². The van der Waals surface area contributed by atoms with Gasteiger partial charge in [-0.2, -0.15) is 5.26 Å². The number of unbranched alkanes of at least 4 members (excludes halogenated alkanes) is 1. The molecule has 86 valence electrons. The Kier molecular flexibility index (Phi) is 5.60. The van der Waals surface area contributed by atoms with E-state index in [4.69, 9.17) is 5.26 Å². The molecule has 0 aromatic heterocycles. The van der Waals surface area contributed by atoms with Gasteiger partial charge in [0.15, 0.2) is 0 Å². The second-order valence-electron chi connectivity index (χ2n) is 4.19. The van der Waals surface area contributed by atoms with Crippen LogP contribution in [0.5, 0.6) is 0 Å². The van der Waals surface area contributed by atoms with Gasteiger partial charge in [-0.05, 0) is 36.6 Å². The third-order valence-corrected chi connectivity index (χ3v) is 2.77. The van der Waals surface area contributed by atoms with Crippen LogP contribution in [0.4, 0.5) is 0 Å². The minimum atomic E-state index is 0.504. The maximum Gasteiger partial charge on any atom is 0.0991 e. The van der Waals surface area contributed by atoms with Gasteiger partial charge in [-0.15, -0.1) is 0 Å². The summed E-state index contributed by atoms with van der Waals surface area (Å²) in [7, 11) is 0. The highest BCUT2D eigenvalue weighted by atomic mass is 14.8. The summed E-state index contributed by atoms with van der Waals surface area (Å²) in [5.41, 5.74) is 2.03. The number of nitrogens with one attached hydrogen (secondary N) is 1. The lowest BCUT2D eigenvalue weighted by molar-refractivity contribution is 0.591. The molecular formula is C14H20N2. The molecule has 1 unspecified atom stereocenters. The molecule has 2 nitrogen and oxygen atoms in total. The van der Waals surface area contributed by atoms with Crippen LogP contribution in [0.25, 0.3) is 0 Å². The first-order valence-corrected chi connectivity index (χ1v) is 5.98. The fourth-order valence-electron chi connectivity index (χ4n) is 1.62. The van der Waals surface area contributed by atoms with Crippen molar-refractivity contribution in [2.24, 2.45) is 0 Å². The predicted molar refractivity (Wildman–Crippen MR) is 67.3 cm³/mol. The quantitative estimate of drug-likeness (QED) is 0.742. The zero-order valence-electron chi connectivity index (χ0n) is 10.2. The molecule has 0 aliphatic heterocycles. The Bertz CT molecular complexity index is 335. The summed E-state index contributed by atoms with van der Waals surface area (Å²) in [6.07, 6.45) is 2.47. The summed E-state index contributed by atoms with van der Waals surface area (Å²) >= 11 is 0. The van der Waals surface area contributed by atoms with E-state index in [-0.39, 0.29) is 0 Å². The zero-order chi connectivity index (χ0) is 11.8. The van der Waals surface area contributed by atoms with Crippen molar-refractivity contribution >= 4 is 0 Å². The molecule has 0 fully saturated rings. The van der Waals surface area contributed by atoms with Gasteiger partial charge in [-0.25, -0.2) is 0 Å². The third-order valence-electron chi connectivity index (χ3n) is 2.77. The van der Waals surface area contributed by atoms with Crippen molar-refractivity contribution in [3.05, 3.63) is 35.4 Å². The Hall–Kier alpha value is -1.33. The van der Waals surface area contributed by atoms with Gasteiger partial charge in [0.1, 0.15) is 0 Å². The number of rotatable bonds is 6. The van der Waals surface area contributed by atoms with Gasteiger partial charge in [0.2, 0.25) is 0 Å². The minimum Gasteiger partial charge on any atom is -0.316 e. The van der Waals surface area contributed by atoms with Crippen LogP contribution in [0, 0.1) is 11.3 Å². The number of hydrogen-bond donors (Lipinski definition) is 1. The molecule has 0 saturated heterocycles. The summed E-state index contributed by atoms with van der Waals surface area (Å²) < 4.78 is 0. The highest BCUT2D eigenvalue weighted by Gasteiger charge is 2.04. The molecule has 0 aliphatic carbocycles. The average Bonchev–Trinajstić information content (AvgIpc) is 2.34. The lowest BCUT2D eigenvalue weighted by Gasteiger charge is -2.12. The molecule has 0 spiro atoms. The maximum atomic E-state index is 8.71. The van der Waals surface area contributed by atoms with Crippen LogP contribution < -0.4 is 5.32 Å². The van der Waals surface area contributed by atoms with Crippen LogP contribution in [0.2, 0.25) is 0 Å². The molecule has 1 rings (SSSR count). The monoisotopic (exact) mass is 216 g/mol. The summed E-state index contributed by atoms with van der Waals surface area (Å²) in [6, 6.07) is 10.0. The Morgan fingerprint density at radius 3 is 2.56 bits per heavy atom.